The maximum atomic E-state index is 3.50. The van der Waals surface area contributed by atoms with Crippen molar-refractivity contribution in [3.8, 4) is 0 Å². The van der Waals surface area contributed by atoms with E-state index in [-0.39, 0.29) is 12.4 Å². The molecule has 0 bridgehead atoms. The molecule has 1 saturated heterocycles. The summed E-state index contributed by atoms with van der Waals surface area (Å²) in [6.07, 6.45) is 2.62. The topological polar surface area (TPSA) is 12.0 Å². The van der Waals surface area contributed by atoms with Gasteiger partial charge in [-0.05, 0) is 41.6 Å². The van der Waals surface area contributed by atoms with Gasteiger partial charge in [-0.1, -0.05) is 42.5 Å². The van der Waals surface area contributed by atoms with E-state index in [2.05, 4.69) is 47.8 Å². The van der Waals surface area contributed by atoms with Gasteiger partial charge in [0.2, 0.25) is 0 Å². The van der Waals surface area contributed by atoms with Gasteiger partial charge in [0.05, 0.1) is 0 Å². The Morgan fingerprint density at radius 1 is 1.00 bits per heavy atom. The predicted molar refractivity (Wildman–Crippen MR) is 76.0 cm³/mol. The van der Waals surface area contributed by atoms with Crippen LogP contribution in [0.1, 0.15) is 24.3 Å². The van der Waals surface area contributed by atoms with Gasteiger partial charge in [0.1, 0.15) is 0 Å². The van der Waals surface area contributed by atoms with Crippen molar-refractivity contribution in [1.82, 2.24) is 5.32 Å². The number of hydrogen-bond donors (Lipinski definition) is 1. The van der Waals surface area contributed by atoms with E-state index in [1.807, 2.05) is 0 Å². The van der Waals surface area contributed by atoms with Crippen LogP contribution in [0.3, 0.4) is 0 Å². The minimum Gasteiger partial charge on any atom is -0.316 e. The lowest BCUT2D eigenvalue weighted by atomic mass is 9.88. The van der Waals surface area contributed by atoms with Crippen LogP contribution >= 0.6 is 12.4 Å². The van der Waals surface area contributed by atoms with Crippen molar-refractivity contribution < 1.29 is 0 Å². The minimum absolute atomic E-state index is 0. The lowest BCUT2D eigenvalue weighted by molar-refractivity contribution is 0.463. The maximum absolute atomic E-state index is 3.50. The van der Waals surface area contributed by atoms with Crippen molar-refractivity contribution in [3.63, 3.8) is 0 Å². The molecule has 0 aliphatic carbocycles. The van der Waals surface area contributed by atoms with Gasteiger partial charge in [-0.3, -0.25) is 0 Å². The number of nitrogens with one attached hydrogen (secondary N) is 1. The highest BCUT2D eigenvalue weighted by atomic mass is 35.5. The average molecular weight is 248 g/mol. The van der Waals surface area contributed by atoms with E-state index in [1.54, 1.807) is 0 Å². The highest BCUT2D eigenvalue weighted by Gasteiger charge is 2.16. The van der Waals surface area contributed by atoms with Crippen LogP contribution in [0.5, 0.6) is 0 Å². The normalized spacial score (nSPS) is 19.9. The van der Waals surface area contributed by atoms with E-state index < -0.39 is 0 Å². The number of hydrogen-bond acceptors (Lipinski definition) is 1. The highest BCUT2D eigenvalue weighted by Crippen LogP contribution is 2.29. The molecule has 1 atom stereocenters. The summed E-state index contributed by atoms with van der Waals surface area (Å²) >= 11 is 0. The number of fused-ring (bicyclic) bond motifs is 1. The predicted octanol–water partition coefficient (Wildman–Crippen LogP) is 3.73. The summed E-state index contributed by atoms with van der Waals surface area (Å²) in [6, 6.07) is 15.4. The number of halogens is 1. The monoisotopic (exact) mass is 247 g/mol. The van der Waals surface area contributed by atoms with Crippen molar-refractivity contribution >= 4 is 23.2 Å². The first-order valence-corrected chi connectivity index (χ1v) is 6.13. The van der Waals surface area contributed by atoms with Gasteiger partial charge in [0.25, 0.3) is 0 Å². The molecule has 1 nitrogen and oxygen atoms in total. The second-order valence-corrected chi connectivity index (χ2v) is 4.61. The Hall–Kier alpha value is -1.05. The summed E-state index contributed by atoms with van der Waals surface area (Å²) in [6.45, 7) is 2.31. The van der Waals surface area contributed by atoms with Crippen LogP contribution in [0.4, 0.5) is 0 Å². The summed E-state index contributed by atoms with van der Waals surface area (Å²) in [4.78, 5) is 0. The van der Waals surface area contributed by atoms with E-state index >= 15 is 0 Å². The molecular formula is C15H18ClN. The third-order valence-corrected chi connectivity index (χ3v) is 3.56. The van der Waals surface area contributed by atoms with Crippen LogP contribution < -0.4 is 5.32 Å². The molecule has 0 aromatic heterocycles. The van der Waals surface area contributed by atoms with Crippen LogP contribution in [0.15, 0.2) is 42.5 Å². The molecule has 1 unspecified atom stereocenters. The summed E-state index contributed by atoms with van der Waals surface area (Å²) in [7, 11) is 0. The van der Waals surface area contributed by atoms with Crippen LogP contribution in [0.2, 0.25) is 0 Å². The lowest BCUT2D eigenvalue weighted by Gasteiger charge is -2.24. The highest BCUT2D eigenvalue weighted by molar-refractivity contribution is 5.86. The third-order valence-electron chi connectivity index (χ3n) is 3.56. The molecule has 17 heavy (non-hydrogen) atoms. The Morgan fingerprint density at radius 2 is 1.82 bits per heavy atom. The molecule has 3 rings (SSSR count). The molecule has 90 valence electrons. The number of rotatable bonds is 1. The first kappa shape index (κ1) is 12.4. The fourth-order valence-corrected chi connectivity index (χ4v) is 2.72. The molecule has 2 aromatic carbocycles. The van der Waals surface area contributed by atoms with Gasteiger partial charge in [-0.25, -0.2) is 0 Å². The molecule has 0 spiro atoms. The molecule has 0 radical (unpaired) electrons. The standard InChI is InChI=1S/C15H17N.ClH/c1-2-8-14-12(5-1)6-3-9-15(14)13-7-4-10-16-11-13;/h1-3,5-6,8-9,13,16H,4,7,10-11H2;1H. The number of piperidine rings is 1. The molecule has 2 aromatic rings. The molecule has 1 heterocycles. The maximum Gasteiger partial charge on any atom is 0.00203 e. The average Bonchev–Trinajstić information content (AvgIpc) is 2.39. The molecular weight excluding hydrogens is 230 g/mol. The Bertz CT molecular complexity index is 484. The van der Waals surface area contributed by atoms with Gasteiger partial charge >= 0.3 is 0 Å². The lowest BCUT2D eigenvalue weighted by Crippen LogP contribution is -2.28. The van der Waals surface area contributed by atoms with Crippen LogP contribution in [-0.4, -0.2) is 13.1 Å². The molecule has 0 saturated carbocycles. The summed E-state index contributed by atoms with van der Waals surface area (Å²) in [5.41, 5.74) is 1.52. The van der Waals surface area contributed by atoms with E-state index in [0.717, 1.165) is 6.54 Å². The summed E-state index contributed by atoms with van der Waals surface area (Å²) in [5.74, 6) is 0.694. The zero-order valence-corrected chi connectivity index (χ0v) is 10.7. The summed E-state index contributed by atoms with van der Waals surface area (Å²) < 4.78 is 0. The van der Waals surface area contributed by atoms with Crippen molar-refractivity contribution in [3.05, 3.63) is 48.0 Å². The zero-order valence-electron chi connectivity index (χ0n) is 9.86. The van der Waals surface area contributed by atoms with Crippen molar-refractivity contribution in [2.24, 2.45) is 0 Å². The van der Waals surface area contributed by atoms with Gasteiger partial charge in [-0.2, -0.15) is 0 Å². The SMILES string of the molecule is Cl.c1ccc2c(C3CCCNC3)cccc2c1. The molecule has 2 heteroatoms. The van der Waals surface area contributed by atoms with Crippen LogP contribution in [0.25, 0.3) is 10.8 Å². The largest absolute Gasteiger partial charge is 0.316 e. The molecule has 1 aliphatic rings. The minimum atomic E-state index is 0. The van der Waals surface area contributed by atoms with Crippen LogP contribution in [0, 0.1) is 0 Å². The fraction of sp³-hybridized carbons (Fsp3) is 0.333. The molecule has 0 amide bonds. The van der Waals surface area contributed by atoms with E-state index in [4.69, 9.17) is 0 Å². The van der Waals surface area contributed by atoms with E-state index in [9.17, 15) is 0 Å². The zero-order chi connectivity index (χ0) is 10.8. The van der Waals surface area contributed by atoms with Crippen molar-refractivity contribution in [1.29, 1.82) is 0 Å². The molecule has 1 N–H and O–H groups in total. The molecule has 1 fully saturated rings. The number of benzene rings is 2. The smallest absolute Gasteiger partial charge is 0.00203 e. The Kier molecular flexibility index (Phi) is 4.03. The summed E-state index contributed by atoms with van der Waals surface area (Å²) in [5, 5.41) is 6.29. The van der Waals surface area contributed by atoms with E-state index in [0.29, 0.717) is 5.92 Å². The third kappa shape index (κ3) is 2.46. The van der Waals surface area contributed by atoms with Crippen molar-refractivity contribution in [2.45, 2.75) is 18.8 Å². The van der Waals surface area contributed by atoms with Gasteiger partial charge in [0.15, 0.2) is 0 Å². The quantitative estimate of drug-likeness (QED) is 0.810. The fourth-order valence-electron chi connectivity index (χ4n) is 2.72. The Labute approximate surface area is 109 Å². The molecule has 1 aliphatic heterocycles. The van der Waals surface area contributed by atoms with E-state index in [1.165, 1.54) is 35.7 Å². The van der Waals surface area contributed by atoms with Crippen molar-refractivity contribution in [2.75, 3.05) is 13.1 Å². The van der Waals surface area contributed by atoms with Gasteiger partial charge in [0, 0.05) is 6.54 Å². The second-order valence-electron chi connectivity index (χ2n) is 4.61. The first-order chi connectivity index (χ1) is 7.95. The van der Waals surface area contributed by atoms with Gasteiger partial charge < -0.3 is 5.32 Å². The Morgan fingerprint density at radius 3 is 2.65 bits per heavy atom. The van der Waals surface area contributed by atoms with Gasteiger partial charge in [-0.15, -0.1) is 12.4 Å². The Balaban J connectivity index is 0.00000108. The van der Waals surface area contributed by atoms with Crippen LogP contribution in [-0.2, 0) is 0 Å². The first-order valence-electron chi connectivity index (χ1n) is 6.13. The second kappa shape index (κ2) is 5.52.